The fourth-order valence-corrected chi connectivity index (χ4v) is 8.12. The van der Waals surface area contributed by atoms with Crippen molar-refractivity contribution in [3.05, 3.63) is 0 Å². The van der Waals surface area contributed by atoms with Gasteiger partial charge in [-0.15, -0.1) is 0 Å². The molecular formula is C20H24O10. The molecule has 3 N–H and O–H groups in total. The summed E-state index contributed by atoms with van der Waals surface area (Å²) in [5.41, 5.74) is -8.26. The summed E-state index contributed by atoms with van der Waals surface area (Å²) in [7, 11) is 0. The van der Waals surface area contributed by atoms with Crippen LogP contribution in [0.25, 0.3) is 0 Å². The smallest absolute Gasteiger partial charge is 0.343 e. The second kappa shape index (κ2) is 4.69. The molecule has 10 heteroatoms. The fourth-order valence-electron chi connectivity index (χ4n) is 8.12. The molecule has 30 heavy (non-hydrogen) atoms. The summed E-state index contributed by atoms with van der Waals surface area (Å²) in [6.45, 7) is 7.14. The highest BCUT2D eigenvalue weighted by Crippen LogP contribution is 2.84. The summed E-state index contributed by atoms with van der Waals surface area (Å²) in [4.78, 5) is 38.2. The van der Waals surface area contributed by atoms with Gasteiger partial charge in [-0.3, -0.25) is 4.79 Å². The average Bonchev–Trinajstić information content (AvgIpc) is 3.35. The molecule has 0 radical (unpaired) electrons. The van der Waals surface area contributed by atoms with E-state index >= 15 is 0 Å². The molecule has 6 fully saturated rings. The van der Waals surface area contributed by atoms with E-state index in [1.807, 2.05) is 20.8 Å². The van der Waals surface area contributed by atoms with Crippen molar-refractivity contribution in [2.75, 3.05) is 0 Å². The topological polar surface area (TPSA) is 149 Å². The number of carbonyl (C=O) groups excluding carboxylic acids is 3. The van der Waals surface area contributed by atoms with Crippen molar-refractivity contribution >= 4 is 17.9 Å². The number of fused-ring (bicyclic) bond motifs is 1. The van der Waals surface area contributed by atoms with Crippen LogP contribution in [0, 0.1) is 28.1 Å². The molecule has 4 aliphatic heterocycles. The number of aliphatic hydroxyl groups excluding tert-OH is 2. The van der Waals surface area contributed by atoms with Gasteiger partial charge in [-0.2, -0.15) is 0 Å². The van der Waals surface area contributed by atoms with Gasteiger partial charge in [0.15, 0.2) is 17.8 Å². The molecule has 0 amide bonds. The van der Waals surface area contributed by atoms with Gasteiger partial charge in [0.1, 0.15) is 12.2 Å². The standard InChI is InChI=1S/C20H24O10/c1-6-12(23)28-11-9(21)18-8-5-7(16(2,3)4)17(18)10(22)13(24)29-15(17)30-20(18,14(25)27-8)19(6,11)26/h6-11,15,21-22,26H,5H2,1-4H3/t6-,7+,8+,9-,10+,11+,15+,17+,18+,19-,20+/m1/s1. The third-order valence-electron chi connectivity index (χ3n) is 9.00. The van der Waals surface area contributed by atoms with Gasteiger partial charge in [0.05, 0.1) is 16.7 Å². The third kappa shape index (κ3) is 1.33. The van der Waals surface area contributed by atoms with Crippen LogP contribution in [0.15, 0.2) is 0 Å². The van der Waals surface area contributed by atoms with Gasteiger partial charge in [0.2, 0.25) is 11.9 Å². The first kappa shape index (κ1) is 19.0. The van der Waals surface area contributed by atoms with Crippen molar-refractivity contribution in [3.8, 4) is 0 Å². The first-order valence-electron chi connectivity index (χ1n) is 10.2. The zero-order valence-electron chi connectivity index (χ0n) is 16.9. The predicted octanol–water partition coefficient (Wildman–Crippen LogP) is -1.37. The summed E-state index contributed by atoms with van der Waals surface area (Å²) < 4.78 is 22.5. The van der Waals surface area contributed by atoms with E-state index < -0.39 is 87.9 Å². The van der Waals surface area contributed by atoms with Crippen LogP contribution in [0.1, 0.15) is 34.1 Å². The van der Waals surface area contributed by atoms with Crippen molar-refractivity contribution in [3.63, 3.8) is 0 Å². The van der Waals surface area contributed by atoms with Gasteiger partial charge in [0, 0.05) is 0 Å². The van der Waals surface area contributed by atoms with E-state index in [4.69, 9.17) is 18.9 Å². The zero-order valence-corrected chi connectivity index (χ0v) is 16.9. The molecule has 0 aromatic carbocycles. The molecule has 0 aromatic heterocycles. The fraction of sp³-hybridized carbons (Fsp3) is 0.850. The summed E-state index contributed by atoms with van der Waals surface area (Å²) in [6, 6.07) is 0. The molecule has 164 valence electrons. The molecule has 10 nitrogen and oxygen atoms in total. The highest BCUT2D eigenvalue weighted by Gasteiger charge is 3.03. The number of aliphatic hydroxyl groups is 3. The first-order chi connectivity index (χ1) is 13.8. The maximum atomic E-state index is 13.4. The average molecular weight is 424 g/mol. The number of carbonyl (C=O) groups is 3. The first-order valence-corrected chi connectivity index (χ1v) is 10.2. The van der Waals surface area contributed by atoms with Gasteiger partial charge < -0.3 is 34.3 Å². The van der Waals surface area contributed by atoms with Gasteiger partial charge in [-0.05, 0) is 24.7 Å². The molecule has 6 aliphatic rings. The van der Waals surface area contributed by atoms with Crippen LogP contribution in [-0.2, 0) is 33.3 Å². The Balaban J connectivity index is 1.72. The largest absolute Gasteiger partial charge is 0.459 e. The monoisotopic (exact) mass is 424 g/mol. The molecule has 2 saturated carbocycles. The number of ether oxygens (including phenoxy) is 4. The van der Waals surface area contributed by atoms with Gasteiger partial charge in [-0.1, -0.05) is 20.8 Å². The van der Waals surface area contributed by atoms with Crippen molar-refractivity contribution in [2.24, 2.45) is 28.1 Å². The van der Waals surface area contributed by atoms with E-state index in [2.05, 4.69) is 0 Å². The summed E-state index contributed by atoms with van der Waals surface area (Å²) in [6.07, 6.45) is -6.91. The molecule has 0 aromatic rings. The lowest BCUT2D eigenvalue weighted by Gasteiger charge is -2.47. The highest BCUT2D eigenvalue weighted by molar-refractivity contribution is 5.94. The minimum Gasteiger partial charge on any atom is -0.459 e. The second-order valence-electron chi connectivity index (χ2n) is 10.7. The summed E-state index contributed by atoms with van der Waals surface area (Å²) in [5.74, 6) is -4.32. The third-order valence-corrected chi connectivity index (χ3v) is 9.00. The lowest BCUT2D eigenvalue weighted by molar-refractivity contribution is -0.239. The highest BCUT2D eigenvalue weighted by atomic mass is 16.8. The molecule has 0 unspecified atom stereocenters. The van der Waals surface area contributed by atoms with Crippen LogP contribution >= 0.6 is 0 Å². The van der Waals surface area contributed by atoms with Crippen molar-refractivity contribution < 1.29 is 48.7 Å². The van der Waals surface area contributed by atoms with E-state index in [9.17, 15) is 29.7 Å². The van der Waals surface area contributed by atoms with Crippen molar-refractivity contribution in [2.45, 2.75) is 76.0 Å². The van der Waals surface area contributed by atoms with Crippen molar-refractivity contribution in [1.29, 1.82) is 0 Å². The van der Waals surface area contributed by atoms with Gasteiger partial charge in [-0.25, -0.2) is 9.59 Å². The number of hydrogen-bond donors (Lipinski definition) is 3. The molecule has 2 aliphatic carbocycles. The van der Waals surface area contributed by atoms with E-state index in [1.54, 1.807) is 0 Å². The predicted molar refractivity (Wildman–Crippen MR) is 92.0 cm³/mol. The van der Waals surface area contributed by atoms with Crippen LogP contribution in [0.5, 0.6) is 0 Å². The van der Waals surface area contributed by atoms with Crippen LogP contribution in [0.3, 0.4) is 0 Å². The lowest BCUT2D eigenvalue weighted by atomic mass is 9.51. The molecule has 0 bridgehead atoms. The van der Waals surface area contributed by atoms with Gasteiger partial charge >= 0.3 is 17.9 Å². The lowest BCUT2D eigenvalue weighted by Crippen LogP contribution is -2.67. The number of rotatable bonds is 0. The van der Waals surface area contributed by atoms with E-state index in [1.165, 1.54) is 6.92 Å². The normalized spacial score (nSPS) is 60.1. The maximum absolute atomic E-state index is 13.4. The summed E-state index contributed by atoms with van der Waals surface area (Å²) in [5, 5.41) is 34.7. The molecule has 4 saturated heterocycles. The molecule has 4 heterocycles. The Labute approximate surface area is 171 Å². The Kier molecular flexibility index (Phi) is 2.97. The number of esters is 3. The SMILES string of the molecule is C[C@@H]1C(=O)O[C@H]2[C@@H](O)[C@@]34[C@@H]5C[C@@H](C(C)(C)C)[C@]36[C@@H](OC(=O)[C@@H]6O)O[C@]4(C(=O)O5)[C@@]12O. The quantitative estimate of drug-likeness (QED) is 0.314. The van der Waals surface area contributed by atoms with E-state index in [0.29, 0.717) is 0 Å². The van der Waals surface area contributed by atoms with E-state index in [-0.39, 0.29) is 6.42 Å². The Morgan fingerprint density at radius 2 is 1.70 bits per heavy atom. The Bertz CT molecular complexity index is 925. The Morgan fingerprint density at radius 3 is 2.33 bits per heavy atom. The molecule has 2 spiro atoms. The van der Waals surface area contributed by atoms with Crippen LogP contribution in [-0.4, -0.2) is 75.1 Å². The molecule has 11 atom stereocenters. The van der Waals surface area contributed by atoms with Crippen LogP contribution in [0.2, 0.25) is 0 Å². The Hall–Kier alpha value is -1.75. The second-order valence-corrected chi connectivity index (χ2v) is 10.7. The minimum absolute atomic E-state index is 0.229. The van der Waals surface area contributed by atoms with Crippen LogP contribution in [0.4, 0.5) is 0 Å². The van der Waals surface area contributed by atoms with E-state index in [0.717, 1.165) is 0 Å². The summed E-state index contributed by atoms with van der Waals surface area (Å²) >= 11 is 0. The van der Waals surface area contributed by atoms with Crippen molar-refractivity contribution in [1.82, 2.24) is 0 Å². The number of hydrogen-bond acceptors (Lipinski definition) is 10. The minimum atomic E-state index is -2.24. The zero-order chi connectivity index (χ0) is 21.8. The van der Waals surface area contributed by atoms with Crippen LogP contribution < -0.4 is 0 Å². The molecular weight excluding hydrogens is 400 g/mol. The maximum Gasteiger partial charge on any atom is 0.343 e. The Morgan fingerprint density at radius 1 is 1.03 bits per heavy atom. The van der Waals surface area contributed by atoms with Gasteiger partial charge in [0.25, 0.3) is 0 Å². The molecule has 6 rings (SSSR count).